The normalized spacial score (nSPS) is 19.1. The third-order valence-electron chi connectivity index (χ3n) is 4.96. The first-order chi connectivity index (χ1) is 12.6. The van der Waals surface area contributed by atoms with Crippen LogP contribution in [0, 0.1) is 5.92 Å². The van der Waals surface area contributed by atoms with Gasteiger partial charge in [-0.25, -0.2) is 0 Å². The third kappa shape index (κ3) is 7.06. The van der Waals surface area contributed by atoms with Crippen LogP contribution in [0.3, 0.4) is 0 Å². The Morgan fingerprint density at radius 2 is 2.12 bits per heavy atom. The second-order valence-corrected chi connectivity index (χ2v) is 7.41. The second-order valence-electron chi connectivity index (χ2n) is 7.41. The Morgan fingerprint density at radius 1 is 1.35 bits per heavy atom. The lowest BCUT2D eigenvalue weighted by Gasteiger charge is -2.31. The highest BCUT2D eigenvalue weighted by atomic mass is 16.2. The minimum Gasteiger partial charge on any atom is -0.356 e. The van der Waals surface area contributed by atoms with Crippen LogP contribution in [0.5, 0.6) is 0 Å². The van der Waals surface area contributed by atoms with Gasteiger partial charge in [0.05, 0.1) is 0 Å². The number of aliphatic imine (C=N–C) groups is 1. The summed E-state index contributed by atoms with van der Waals surface area (Å²) in [7, 11) is 1.77. The zero-order chi connectivity index (χ0) is 18.8. The topological polar surface area (TPSA) is 56.7 Å². The highest BCUT2D eigenvalue weighted by molar-refractivity contribution is 5.81. The number of aryl methyl sites for hydroxylation is 1. The van der Waals surface area contributed by atoms with Crippen LogP contribution in [0.1, 0.15) is 45.1 Å². The molecule has 1 heterocycles. The molecule has 1 aliphatic heterocycles. The minimum atomic E-state index is 0.247. The van der Waals surface area contributed by atoms with E-state index in [0.29, 0.717) is 24.9 Å². The fourth-order valence-electron chi connectivity index (χ4n) is 3.39. The van der Waals surface area contributed by atoms with E-state index in [0.717, 1.165) is 38.3 Å². The van der Waals surface area contributed by atoms with Gasteiger partial charge in [0.2, 0.25) is 5.91 Å². The van der Waals surface area contributed by atoms with Crippen LogP contribution in [0.15, 0.2) is 35.3 Å². The Bertz CT molecular complexity index is 573. The number of hydrogen-bond acceptors (Lipinski definition) is 2. The molecule has 2 rings (SSSR count). The fraction of sp³-hybridized carbons (Fsp3) is 0.619. The number of hydrogen-bond donors (Lipinski definition) is 2. The smallest absolute Gasteiger partial charge is 0.224 e. The first kappa shape index (κ1) is 20.3. The van der Waals surface area contributed by atoms with E-state index in [1.807, 2.05) is 11.0 Å². The molecular formula is C21H34N4O. The number of carbonyl (C=O) groups is 1. The zero-order valence-corrected chi connectivity index (χ0v) is 16.5. The molecule has 5 heteroatoms. The number of nitrogens with one attached hydrogen (secondary N) is 2. The van der Waals surface area contributed by atoms with Crippen LogP contribution in [0.25, 0.3) is 0 Å². The van der Waals surface area contributed by atoms with E-state index in [9.17, 15) is 4.79 Å². The van der Waals surface area contributed by atoms with Crippen molar-refractivity contribution in [2.75, 3.05) is 26.7 Å². The van der Waals surface area contributed by atoms with Gasteiger partial charge in [-0.15, -0.1) is 0 Å². The molecule has 144 valence electrons. The van der Waals surface area contributed by atoms with Crippen molar-refractivity contribution in [2.45, 2.75) is 52.0 Å². The molecule has 1 aromatic carbocycles. The molecule has 2 unspecified atom stereocenters. The van der Waals surface area contributed by atoms with Crippen LogP contribution >= 0.6 is 0 Å². The molecule has 1 fully saturated rings. The Balaban J connectivity index is 1.66. The molecule has 1 saturated heterocycles. The van der Waals surface area contributed by atoms with E-state index in [1.54, 1.807) is 7.05 Å². The van der Waals surface area contributed by atoms with E-state index in [2.05, 4.69) is 53.7 Å². The van der Waals surface area contributed by atoms with Gasteiger partial charge >= 0.3 is 0 Å². The lowest BCUT2D eigenvalue weighted by atomic mass is 10.00. The summed E-state index contributed by atoms with van der Waals surface area (Å²) in [6.45, 7) is 6.82. The quantitative estimate of drug-likeness (QED) is 0.582. The van der Waals surface area contributed by atoms with Crippen molar-refractivity contribution >= 4 is 11.9 Å². The SMILES string of the molecule is CN=C(NCCC(=O)N1CCCC(C)C1)NC(C)CCc1ccccc1. The molecule has 2 atom stereocenters. The lowest BCUT2D eigenvalue weighted by molar-refractivity contribution is -0.132. The van der Waals surface area contributed by atoms with Crippen molar-refractivity contribution in [1.82, 2.24) is 15.5 Å². The number of carbonyl (C=O) groups excluding carboxylic acids is 1. The average Bonchev–Trinajstić information content (AvgIpc) is 2.66. The Morgan fingerprint density at radius 3 is 2.81 bits per heavy atom. The number of rotatable bonds is 7. The summed E-state index contributed by atoms with van der Waals surface area (Å²) in [6.07, 6.45) is 4.96. The summed E-state index contributed by atoms with van der Waals surface area (Å²) in [5, 5.41) is 6.68. The van der Waals surface area contributed by atoms with E-state index in [4.69, 9.17) is 0 Å². The number of benzene rings is 1. The van der Waals surface area contributed by atoms with Gasteiger partial charge in [0.15, 0.2) is 5.96 Å². The van der Waals surface area contributed by atoms with E-state index >= 15 is 0 Å². The molecule has 1 amide bonds. The molecule has 26 heavy (non-hydrogen) atoms. The fourth-order valence-corrected chi connectivity index (χ4v) is 3.39. The van der Waals surface area contributed by atoms with Crippen LogP contribution in [0.4, 0.5) is 0 Å². The lowest BCUT2D eigenvalue weighted by Crippen LogP contribution is -2.44. The molecule has 2 N–H and O–H groups in total. The van der Waals surface area contributed by atoms with Crippen molar-refractivity contribution in [3.8, 4) is 0 Å². The van der Waals surface area contributed by atoms with Crippen LogP contribution in [-0.2, 0) is 11.2 Å². The van der Waals surface area contributed by atoms with Crippen LogP contribution in [-0.4, -0.2) is 49.5 Å². The maximum absolute atomic E-state index is 12.3. The van der Waals surface area contributed by atoms with Crippen molar-refractivity contribution in [3.63, 3.8) is 0 Å². The van der Waals surface area contributed by atoms with Crippen LogP contribution in [0.2, 0.25) is 0 Å². The summed E-state index contributed by atoms with van der Waals surface area (Å²) in [5.41, 5.74) is 1.35. The number of piperidine rings is 1. The summed E-state index contributed by atoms with van der Waals surface area (Å²) in [4.78, 5) is 18.6. The van der Waals surface area contributed by atoms with Gasteiger partial charge in [-0.3, -0.25) is 9.79 Å². The molecular weight excluding hydrogens is 324 g/mol. The van der Waals surface area contributed by atoms with Crippen molar-refractivity contribution < 1.29 is 4.79 Å². The Kier molecular flexibility index (Phi) is 8.45. The maximum Gasteiger partial charge on any atom is 0.224 e. The average molecular weight is 359 g/mol. The van der Waals surface area contributed by atoms with E-state index in [-0.39, 0.29) is 5.91 Å². The summed E-state index contributed by atoms with van der Waals surface area (Å²) >= 11 is 0. The largest absolute Gasteiger partial charge is 0.356 e. The monoisotopic (exact) mass is 358 g/mol. The van der Waals surface area contributed by atoms with Gasteiger partial charge in [-0.2, -0.15) is 0 Å². The molecule has 0 radical (unpaired) electrons. The zero-order valence-electron chi connectivity index (χ0n) is 16.5. The van der Waals surface area contributed by atoms with Crippen LogP contribution < -0.4 is 10.6 Å². The first-order valence-corrected chi connectivity index (χ1v) is 9.87. The Labute approximate surface area is 158 Å². The number of guanidine groups is 1. The predicted molar refractivity (Wildman–Crippen MR) is 108 cm³/mol. The summed E-state index contributed by atoms with van der Waals surface area (Å²) in [5.74, 6) is 1.64. The minimum absolute atomic E-state index is 0.247. The summed E-state index contributed by atoms with van der Waals surface area (Å²) < 4.78 is 0. The second kappa shape index (κ2) is 10.8. The van der Waals surface area contributed by atoms with E-state index in [1.165, 1.54) is 12.0 Å². The standard InChI is InChI=1S/C21H34N4O/c1-17-8-7-15-25(16-17)20(26)13-14-23-21(22-3)24-18(2)11-12-19-9-5-4-6-10-19/h4-6,9-10,17-18H,7-8,11-16H2,1-3H3,(H2,22,23,24). The molecule has 1 aliphatic rings. The number of amides is 1. The molecule has 0 bridgehead atoms. The number of likely N-dealkylation sites (tertiary alicyclic amines) is 1. The Hall–Kier alpha value is -2.04. The van der Waals surface area contributed by atoms with Crippen molar-refractivity contribution in [3.05, 3.63) is 35.9 Å². The molecule has 5 nitrogen and oxygen atoms in total. The molecule has 0 saturated carbocycles. The van der Waals surface area contributed by atoms with Gasteiger partial charge in [-0.05, 0) is 44.1 Å². The molecule has 1 aromatic rings. The third-order valence-corrected chi connectivity index (χ3v) is 4.96. The summed E-state index contributed by atoms with van der Waals surface area (Å²) in [6, 6.07) is 10.8. The van der Waals surface area contributed by atoms with Gasteiger partial charge in [0.25, 0.3) is 0 Å². The van der Waals surface area contributed by atoms with Gasteiger partial charge < -0.3 is 15.5 Å². The van der Waals surface area contributed by atoms with E-state index < -0.39 is 0 Å². The predicted octanol–water partition coefficient (Wildman–Crippen LogP) is 2.82. The van der Waals surface area contributed by atoms with Crippen molar-refractivity contribution in [2.24, 2.45) is 10.9 Å². The highest BCUT2D eigenvalue weighted by Gasteiger charge is 2.20. The van der Waals surface area contributed by atoms with Crippen molar-refractivity contribution in [1.29, 1.82) is 0 Å². The maximum atomic E-state index is 12.3. The molecule has 0 aromatic heterocycles. The van der Waals surface area contributed by atoms with Gasteiger partial charge in [-0.1, -0.05) is 37.3 Å². The van der Waals surface area contributed by atoms with Gasteiger partial charge in [0.1, 0.15) is 0 Å². The highest BCUT2D eigenvalue weighted by Crippen LogP contribution is 2.15. The number of nitrogens with zero attached hydrogens (tertiary/aromatic N) is 2. The first-order valence-electron chi connectivity index (χ1n) is 9.87. The molecule has 0 spiro atoms. The molecule has 0 aliphatic carbocycles. The van der Waals surface area contributed by atoms with Gasteiger partial charge in [0, 0.05) is 39.1 Å².